The maximum absolute atomic E-state index is 12.5. The highest BCUT2D eigenvalue weighted by Gasteiger charge is 2.15. The average molecular weight is 380 g/mol. The summed E-state index contributed by atoms with van der Waals surface area (Å²) in [5.74, 6) is 0.641. The fraction of sp³-hybridized carbons (Fsp3) is 0.409. The molecule has 0 radical (unpaired) electrons. The van der Waals surface area contributed by atoms with Gasteiger partial charge in [0.05, 0.1) is 23.0 Å². The third-order valence-electron chi connectivity index (χ3n) is 5.14. The number of benzene rings is 1. The monoisotopic (exact) mass is 379 g/mol. The van der Waals surface area contributed by atoms with Crippen LogP contribution in [-0.4, -0.2) is 51.8 Å². The maximum atomic E-state index is 12.5. The zero-order valence-corrected chi connectivity index (χ0v) is 17.0. The van der Waals surface area contributed by atoms with Crippen LogP contribution in [0, 0.1) is 6.92 Å². The number of carbonyl (C=O) groups is 1. The lowest BCUT2D eigenvalue weighted by atomic mass is 10.2. The lowest BCUT2D eigenvalue weighted by Gasteiger charge is -2.17. The Labute approximate surface area is 166 Å². The summed E-state index contributed by atoms with van der Waals surface area (Å²) in [4.78, 5) is 19.6. The Kier molecular flexibility index (Phi) is 6.76. The van der Waals surface area contributed by atoms with Crippen LogP contribution in [-0.2, 0) is 0 Å². The van der Waals surface area contributed by atoms with Crippen LogP contribution in [0.4, 0.5) is 0 Å². The number of rotatable bonds is 9. The van der Waals surface area contributed by atoms with E-state index in [1.807, 2.05) is 43.3 Å². The van der Waals surface area contributed by atoms with Crippen molar-refractivity contribution in [2.45, 2.75) is 33.6 Å². The summed E-state index contributed by atoms with van der Waals surface area (Å²) in [5.41, 5.74) is 2.30. The maximum Gasteiger partial charge on any atom is 0.254 e. The van der Waals surface area contributed by atoms with Crippen LogP contribution in [0.2, 0.25) is 0 Å². The van der Waals surface area contributed by atoms with Crippen LogP contribution >= 0.6 is 0 Å². The first kappa shape index (κ1) is 20.0. The van der Waals surface area contributed by atoms with Crippen molar-refractivity contribution in [1.82, 2.24) is 25.0 Å². The van der Waals surface area contributed by atoms with Crippen LogP contribution in [0.25, 0.3) is 16.7 Å². The minimum atomic E-state index is -0.0765. The van der Waals surface area contributed by atoms with Gasteiger partial charge in [0.2, 0.25) is 0 Å². The molecular formula is C22H29N5O. The van der Waals surface area contributed by atoms with E-state index in [0.29, 0.717) is 12.1 Å². The first-order valence-electron chi connectivity index (χ1n) is 10.0. The Morgan fingerprint density at radius 2 is 1.89 bits per heavy atom. The second-order valence-corrected chi connectivity index (χ2v) is 6.91. The fourth-order valence-corrected chi connectivity index (χ4v) is 3.33. The first-order chi connectivity index (χ1) is 13.6. The molecule has 0 unspecified atom stereocenters. The summed E-state index contributed by atoms with van der Waals surface area (Å²) in [7, 11) is 0. The molecule has 1 amide bonds. The highest BCUT2D eigenvalue weighted by atomic mass is 16.1. The molecule has 1 N–H and O–H groups in total. The predicted octanol–water partition coefficient (Wildman–Crippen LogP) is 3.58. The number of nitrogens with zero attached hydrogens (tertiary/aromatic N) is 4. The fourth-order valence-electron chi connectivity index (χ4n) is 3.33. The Morgan fingerprint density at radius 1 is 1.11 bits per heavy atom. The second-order valence-electron chi connectivity index (χ2n) is 6.91. The number of pyridine rings is 1. The van der Waals surface area contributed by atoms with Gasteiger partial charge in [-0.25, -0.2) is 9.67 Å². The summed E-state index contributed by atoms with van der Waals surface area (Å²) in [6, 6.07) is 11.9. The standard InChI is InChI=1S/C22H29N5O/c1-4-26(5-2)15-9-8-14-23-22(28)19-16-24-27(17(19)3)21-13-12-18-10-6-7-11-20(18)25-21/h6-7,10-13,16H,4-5,8-9,14-15H2,1-3H3,(H,23,28). The normalized spacial score (nSPS) is 11.3. The minimum Gasteiger partial charge on any atom is -0.352 e. The van der Waals surface area contributed by atoms with Crippen LogP contribution in [0.5, 0.6) is 0 Å². The first-order valence-corrected chi connectivity index (χ1v) is 10.0. The van der Waals surface area contributed by atoms with Gasteiger partial charge in [0.1, 0.15) is 0 Å². The number of hydrogen-bond acceptors (Lipinski definition) is 4. The molecule has 0 aliphatic carbocycles. The number of fused-ring (bicyclic) bond motifs is 1. The van der Waals surface area contributed by atoms with Crippen molar-refractivity contribution < 1.29 is 4.79 Å². The number of aromatic nitrogens is 3. The van der Waals surface area contributed by atoms with Crippen LogP contribution in [0.15, 0.2) is 42.6 Å². The number of amides is 1. The van der Waals surface area contributed by atoms with Gasteiger partial charge >= 0.3 is 0 Å². The quantitative estimate of drug-likeness (QED) is 0.577. The molecule has 0 bridgehead atoms. The molecule has 0 spiro atoms. The van der Waals surface area contributed by atoms with E-state index in [2.05, 4.69) is 34.1 Å². The van der Waals surface area contributed by atoms with E-state index < -0.39 is 0 Å². The molecule has 0 aliphatic rings. The number of para-hydroxylation sites is 1. The molecule has 28 heavy (non-hydrogen) atoms. The van der Waals surface area contributed by atoms with Gasteiger partial charge in [0, 0.05) is 11.9 Å². The lowest BCUT2D eigenvalue weighted by molar-refractivity contribution is 0.0952. The Morgan fingerprint density at radius 3 is 2.68 bits per heavy atom. The van der Waals surface area contributed by atoms with Crippen molar-refractivity contribution in [1.29, 1.82) is 0 Å². The van der Waals surface area contributed by atoms with Crippen LogP contribution in [0.3, 0.4) is 0 Å². The Hall–Kier alpha value is -2.73. The van der Waals surface area contributed by atoms with Gasteiger partial charge in [-0.15, -0.1) is 0 Å². The molecule has 2 aromatic heterocycles. The highest BCUT2D eigenvalue weighted by Crippen LogP contribution is 2.17. The van der Waals surface area contributed by atoms with Gasteiger partial charge in [-0.1, -0.05) is 32.0 Å². The van der Waals surface area contributed by atoms with Gasteiger partial charge in [-0.3, -0.25) is 4.79 Å². The summed E-state index contributed by atoms with van der Waals surface area (Å²) in [6.07, 6.45) is 3.68. The number of carbonyl (C=O) groups excluding carboxylic acids is 1. The van der Waals surface area contributed by atoms with E-state index in [-0.39, 0.29) is 5.91 Å². The van der Waals surface area contributed by atoms with Crippen molar-refractivity contribution in [3.8, 4) is 5.82 Å². The third-order valence-corrected chi connectivity index (χ3v) is 5.14. The van der Waals surface area contributed by atoms with Gasteiger partial charge in [-0.2, -0.15) is 5.10 Å². The molecule has 0 aliphatic heterocycles. The summed E-state index contributed by atoms with van der Waals surface area (Å²) < 4.78 is 1.72. The predicted molar refractivity (Wildman–Crippen MR) is 113 cm³/mol. The van der Waals surface area contributed by atoms with E-state index in [9.17, 15) is 4.79 Å². The van der Waals surface area contributed by atoms with Crippen molar-refractivity contribution in [3.63, 3.8) is 0 Å². The Balaban J connectivity index is 1.61. The third kappa shape index (κ3) is 4.57. The second kappa shape index (κ2) is 9.46. The smallest absolute Gasteiger partial charge is 0.254 e. The Bertz CT molecular complexity index is 930. The number of nitrogens with one attached hydrogen (secondary N) is 1. The average Bonchev–Trinajstić information content (AvgIpc) is 3.11. The van der Waals surface area contributed by atoms with Gasteiger partial charge < -0.3 is 10.2 Å². The molecule has 2 heterocycles. The molecule has 3 rings (SSSR count). The molecule has 6 heteroatoms. The molecule has 0 saturated heterocycles. The highest BCUT2D eigenvalue weighted by molar-refractivity contribution is 5.95. The molecular weight excluding hydrogens is 350 g/mol. The molecule has 1 aromatic carbocycles. The van der Waals surface area contributed by atoms with Gasteiger partial charge in [-0.05, 0) is 57.6 Å². The van der Waals surface area contributed by atoms with E-state index in [0.717, 1.165) is 54.9 Å². The zero-order chi connectivity index (χ0) is 19.9. The number of hydrogen-bond donors (Lipinski definition) is 1. The van der Waals surface area contributed by atoms with E-state index in [1.165, 1.54) is 0 Å². The SMILES string of the molecule is CCN(CC)CCCCNC(=O)c1cnn(-c2ccc3ccccc3n2)c1C. The van der Waals surface area contributed by atoms with Crippen LogP contribution < -0.4 is 5.32 Å². The summed E-state index contributed by atoms with van der Waals surface area (Å²) >= 11 is 0. The molecule has 0 atom stereocenters. The van der Waals surface area contributed by atoms with E-state index >= 15 is 0 Å². The molecule has 3 aromatic rings. The summed E-state index contributed by atoms with van der Waals surface area (Å²) in [6.45, 7) is 10.2. The molecule has 148 valence electrons. The minimum absolute atomic E-state index is 0.0765. The van der Waals surface area contributed by atoms with Gasteiger partial charge in [0.25, 0.3) is 5.91 Å². The zero-order valence-electron chi connectivity index (χ0n) is 17.0. The van der Waals surface area contributed by atoms with E-state index in [1.54, 1.807) is 10.9 Å². The van der Waals surface area contributed by atoms with Crippen molar-refractivity contribution in [2.75, 3.05) is 26.2 Å². The van der Waals surface area contributed by atoms with Crippen molar-refractivity contribution in [2.24, 2.45) is 0 Å². The number of unbranched alkanes of at least 4 members (excludes halogenated alkanes) is 1. The summed E-state index contributed by atoms with van der Waals surface area (Å²) in [5, 5.41) is 8.49. The van der Waals surface area contributed by atoms with E-state index in [4.69, 9.17) is 0 Å². The largest absolute Gasteiger partial charge is 0.352 e. The van der Waals surface area contributed by atoms with Gasteiger partial charge in [0.15, 0.2) is 5.82 Å². The molecule has 0 saturated carbocycles. The molecule has 6 nitrogen and oxygen atoms in total. The van der Waals surface area contributed by atoms with Crippen LogP contribution in [0.1, 0.15) is 42.7 Å². The lowest BCUT2D eigenvalue weighted by Crippen LogP contribution is -2.27. The van der Waals surface area contributed by atoms with Crippen molar-refractivity contribution >= 4 is 16.8 Å². The molecule has 0 fully saturated rings. The van der Waals surface area contributed by atoms with Crippen molar-refractivity contribution in [3.05, 3.63) is 53.9 Å². The topological polar surface area (TPSA) is 63.1 Å².